The second kappa shape index (κ2) is 5.91. The zero-order valence-electron chi connectivity index (χ0n) is 12.3. The lowest BCUT2D eigenvalue weighted by Gasteiger charge is -2.33. The number of nitrogens with zero attached hydrogens (tertiary/aromatic N) is 1. The van der Waals surface area contributed by atoms with Crippen LogP contribution in [0.2, 0.25) is 0 Å². The summed E-state index contributed by atoms with van der Waals surface area (Å²) < 4.78 is 26.4. The van der Waals surface area contributed by atoms with Crippen LogP contribution in [0.4, 0.5) is 14.5 Å². The lowest BCUT2D eigenvalue weighted by Crippen LogP contribution is -2.39. The first-order chi connectivity index (χ1) is 10.0. The molecule has 1 saturated heterocycles. The summed E-state index contributed by atoms with van der Waals surface area (Å²) in [5, 5.41) is 9.56. The summed E-state index contributed by atoms with van der Waals surface area (Å²) in [6.07, 6.45) is 3.62. The van der Waals surface area contributed by atoms with Crippen molar-refractivity contribution < 1.29 is 13.9 Å². The zero-order valence-corrected chi connectivity index (χ0v) is 12.3. The Morgan fingerprint density at radius 3 is 2.10 bits per heavy atom. The van der Waals surface area contributed by atoms with Gasteiger partial charge in [-0.05, 0) is 49.3 Å². The van der Waals surface area contributed by atoms with Gasteiger partial charge < -0.3 is 10.0 Å². The van der Waals surface area contributed by atoms with Crippen LogP contribution < -0.4 is 4.90 Å². The van der Waals surface area contributed by atoms with Crippen molar-refractivity contribution in [2.24, 2.45) is 0 Å². The van der Waals surface area contributed by atoms with Gasteiger partial charge in [0.05, 0.1) is 6.10 Å². The molecule has 1 aromatic rings. The SMILES string of the molecule is OC1CCC(c2ccc(N3CCC(F)(F)CC3)cc2)CC1. The lowest BCUT2D eigenvalue weighted by molar-refractivity contribution is -0.0220. The Morgan fingerprint density at radius 1 is 0.952 bits per heavy atom. The van der Waals surface area contributed by atoms with Gasteiger partial charge in [-0.1, -0.05) is 12.1 Å². The Bertz CT molecular complexity index is 456. The van der Waals surface area contributed by atoms with Gasteiger partial charge in [0.2, 0.25) is 0 Å². The van der Waals surface area contributed by atoms with Crippen LogP contribution >= 0.6 is 0 Å². The molecule has 1 aliphatic carbocycles. The molecule has 1 aromatic carbocycles. The molecular formula is C17H23F2NO. The highest BCUT2D eigenvalue weighted by molar-refractivity contribution is 5.48. The van der Waals surface area contributed by atoms with Crippen LogP contribution in [0, 0.1) is 0 Å². The van der Waals surface area contributed by atoms with E-state index in [2.05, 4.69) is 24.3 Å². The van der Waals surface area contributed by atoms with E-state index in [-0.39, 0.29) is 18.9 Å². The molecule has 0 bridgehead atoms. The maximum Gasteiger partial charge on any atom is 0.251 e. The lowest BCUT2D eigenvalue weighted by atomic mass is 9.83. The minimum atomic E-state index is -2.49. The van der Waals surface area contributed by atoms with E-state index in [0.717, 1.165) is 31.4 Å². The average molecular weight is 295 g/mol. The van der Waals surface area contributed by atoms with Gasteiger partial charge in [-0.25, -0.2) is 8.78 Å². The zero-order chi connectivity index (χ0) is 14.9. The van der Waals surface area contributed by atoms with Gasteiger partial charge >= 0.3 is 0 Å². The van der Waals surface area contributed by atoms with Crippen molar-refractivity contribution in [3.05, 3.63) is 29.8 Å². The molecule has 1 N–H and O–H groups in total. The van der Waals surface area contributed by atoms with E-state index < -0.39 is 5.92 Å². The highest BCUT2D eigenvalue weighted by Crippen LogP contribution is 2.35. The third kappa shape index (κ3) is 3.54. The molecule has 1 heterocycles. The van der Waals surface area contributed by atoms with E-state index in [1.165, 1.54) is 5.56 Å². The molecular weight excluding hydrogens is 272 g/mol. The van der Waals surface area contributed by atoms with Crippen LogP contribution in [0.5, 0.6) is 0 Å². The second-order valence-corrected chi connectivity index (χ2v) is 6.44. The Balaban J connectivity index is 1.62. The fourth-order valence-corrected chi connectivity index (χ4v) is 3.46. The highest BCUT2D eigenvalue weighted by Gasteiger charge is 2.34. The number of benzene rings is 1. The molecule has 21 heavy (non-hydrogen) atoms. The quantitative estimate of drug-likeness (QED) is 0.893. The van der Waals surface area contributed by atoms with E-state index in [1.54, 1.807) is 0 Å². The van der Waals surface area contributed by atoms with Crippen LogP contribution in [-0.2, 0) is 0 Å². The number of halogens is 2. The number of aliphatic hydroxyl groups is 1. The summed E-state index contributed by atoms with van der Waals surface area (Å²) in [6.45, 7) is 0.865. The highest BCUT2D eigenvalue weighted by atomic mass is 19.3. The van der Waals surface area contributed by atoms with Crippen molar-refractivity contribution in [1.29, 1.82) is 0 Å². The van der Waals surface area contributed by atoms with E-state index in [1.807, 2.05) is 4.90 Å². The number of hydrogen-bond acceptors (Lipinski definition) is 2. The predicted molar refractivity (Wildman–Crippen MR) is 80.1 cm³/mol. The fourth-order valence-electron chi connectivity index (χ4n) is 3.46. The van der Waals surface area contributed by atoms with Crippen LogP contribution in [0.3, 0.4) is 0 Å². The smallest absolute Gasteiger partial charge is 0.251 e. The maximum absolute atomic E-state index is 13.2. The summed E-state index contributed by atoms with van der Waals surface area (Å²) in [5.74, 6) is -1.95. The normalized spacial score (nSPS) is 29.4. The largest absolute Gasteiger partial charge is 0.393 e. The van der Waals surface area contributed by atoms with E-state index >= 15 is 0 Å². The van der Waals surface area contributed by atoms with E-state index in [9.17, 15) is 13.9 Å². The number of alkyl halides is 2. The Labute approximate surface area is 124 Å². The van der Waals surface area contributed by atoms with Crippen LogP contribution in [0.25, 0.3) is 0 Å². The number of anilines is 1. The molecule has 0 spiro atoms. The molecule has 2 fully saturated rings. The van der Waals surface area contributed by atoms with Crippen molar-refractivity contribution in [2.75, 3.05) is 18.0 Å². The van der Waals surface area contributed by atoms with Crippen molar-refractivity contribution in [2.45, 2.75) is 56.5 Å². The van der Waals surface area contributed by atoms with Crippen molar-refractivity contribution in [3.63, 3.8) is 0 Å². The molecule has 0 radical (unpaired) electrons. The first-order valence-corrected chi connectivity index (χ1v) is 7.94. The monoisotopic (exact) mass is 295 g/mol. The molecule has 2 nitrogen and oxygen atoms in total. The summed E-state index contributed by atoms with van der Waals surface area (Å²) in [4.78, 5) is 2.05. The molecule has 0 atom stereocenters. The summed E-state index contributed by atoms with van der Waals surface area (Å²) in [7, 11) is 0. The second-order valence-electron chi connectivity index (χ2n) is 6.44. The first kappa shape index (κ1) is 14.8. The number of aliphatic hydroxyl groups excluding tert-OH is 1. The van der Waals surface area contributed by atoms with Gasteiger partial charge in [0.25, 0.3) is 5.92 Å². The van der Waals surface area contributed by atoms with Gasteiger partial charge in [0.15, 0.2) is 0 Å². The third-order valence-corrected chi connectivity index (χ3v) is 4.92. The fraction of sp³-hybridized carbons (Fsp3) is 0.647. The van der Waals surface area contributed by atoms with Gasteiger partial charge in [0, 0.05) is 31.6 Å². The van der Waals surface area contributed by atoms with Gasteiger partial charge in [-0.3, -0.25) is 0 Å². The van der Waals surface area contributed by atoms with Crippen LogP contribution in [0.15, 0.2) is 24.3 Å². The Kier molecular flexibility index (Phi) is 4.16. The molecule has 0 amide bonds. The van der Waals surface area contributed by atoms with E-state index in [0.29, 0.717) is 19.0 Å². The minimum Gasteiger partial charge on any atom is -0.393 e. The van der Waals surface area contributed by atoms with Gasteiger partial charge in [0.1, 0.15) is 0 Å². The van der Waals surface area contributed by atoms with Crippen molar-refractivity contribution >= 4 is 5.69 Å². The summed E-state index contributed by atoms with van der Waals surface area (Å²) in [5.41, 5.74) is 2.36. The summed E-state index contributed by atoms with van der Waals surface area (Å²) >= 11 is 0. The molecule has 116 valence electrons. The average Bonchev–Trinajstić information content (AvgIpc) is 2.48. The predicted octanol–water partition coefficient (Wildman–Crippen LogP) is 3.94. The van der Waals surface area contributed by atoms with Gasteiger partial charge in [-0.15, -0.1) is 0 Å². The minimum absolute atomic E-state index is 0.0464. The Hall–Kier alpha value is -1.16. The topological polar surface area (TPSA) is 23.5 Å². The maximum atomic E-state index is 13.2. The molecule has 0 unspecified atom stereocenters. The molecule has 1 saturated carbocycles. The van der Waals surface area contributed by atoms with Gasteiger partial charge in [-0.2, -0.15) is 0 Å². The van der Waals surface area contributed by atoms with Crippen molar-refractivity contribution in [1.82, 2.24) is 0 Å². The number of rotatable bonds is 2. The standard InChI is InChI=1S/C17H23F2NO/c18-17(19)9-11-20(12-10-17)15-5-1-13(2-6-15)14-3-7-16(21)8-4-14/h1-2,5-6,14,16,21H,3-4,7-12H2. The number of hydrogen-bond donors (Lipinski definition) is 1. The molecule has 4 heteroatoms. The third-order valence-electron chi connectivity index (χ3n) is 4.92. The molecule has 1 aliphatic heterocycles. The molecule has 0 aromatic heterocycles. The van der Waals surface area contributed by atoms with E-state index in [4.69, 9.17) is 0 Å². The van der Waals surface area contributed by atoms with Crippen LogP contribution in [-0.4, -0.2) is 30.2 Å². The van der Waals surface area contributed by atoms with Crippen molar-refractivity contribution in [3.8, 4) is 0 Å². The van der Waals surface area contributed by atoms with Crippen LogP contribution in [0.1, 0.15) is 50.0 Å². The Morgan fingerprint density at radius 2 is 1.52 bits per heavy atom. The summed E-state index contributed by atoms with van der Waals surface area (Å²) in [6, 6.07) is 8.38. The number of piperidine rings is 1. The first-order valence-electron chi connectivity index (χ1n) is 7.94. The molecule has 2 aliphatic rings. The molecule has 3 rings (SSSR count).